The smallest absolute Gasteiger partial charge is 0.140 e. The third-order valence-corrected chi connectivity index (χ3v) is 2.19. The second-order valence-corrected chi connectivity index (χ2v) is 3.91. The van der Waals surface area contributed by atoms with Crippen molar-refractivity contribution in [1.29, 1.82) is 0 Å². The highest BCUT2D eigenvalue weighted by atomic mass is 16.1. The Kier molecular flexibility index (Phi) is 7.78. The van der Waals surface area contributed by atoms with Crippen LogP contribution in [0.15, 0.2) is 0 Å². The second-order valence-electron chi connectivity index (χ2n) is 3.91. The van der Waals surface area contributed by atoms with Gasteiger partial charge in [-0.3, -0.25) is 14.4 Å². The molecular formula is C12H20O3. The number of hydrogen-bond donors (Lipinski definition) is 0. The fraction of sp³-hybridized carbons (Fsp3) is 0.750. The summed E-state index contributed by atoms with van der Waals surface area (Å²) in [4.78, 5) is 33.0. The number of carbonyl (C=O) groups is 3. The van der Waals surface area contributed by atoms with E-state index in [1.807, 2.05) is 0 Å². The molecule has 0 aromatic carbocycles. The summed E-state index contributed by atoms with van der Waals surface area (Å²) in [6.07, 6.45) is 4.14. The van der Waals surface area contributed by atoms with Crippen LogP contribution >= 0.6 is 0 Å². The largest absolute Gasteiger partial charge is 0.300 e. The van der Waals surface area contributed by atoms with Crippen molar-refractivity contribution in [2.45, 2.75) is 58.8 Å². The van der Waals surface area contributed by atoms with E-state index in [0.717, 1.165) is 19.3 Å². The molecule has 0 heterocycles. The summed E-state index contributed by atoms with van der Waals surface area (Å²) in [5.41, 5.74) is 0. The van der Waals surface area contributed by atoms with Gasteiger partial charge in [-0.15, -0.1) is 0 Å². The summed E-state index contributed by atoms with van der Waals surface area (Å²) in [6.45, 7) is 3.47. The molecule has 0 aromatic rings. The molecule has 0 aliphatic heterocycles. The Morgan fingerprint density at radius 2 is 1.47 bits per heavy atom. The van der Waals surface area contributed by atoms with Crippen LogP contribution in [0.1, 0.15) is 58.8 Å². The first kappa shape index (κ1) is 14.0. The third-order valence-electron chi connectivity index (χ3n) is 2.19. The average molecular weight is 212 g/mol. The van der Waals surface area contributed by atoms with Crippen LogP contribution in [-0.4, -0.2) is 17.3 Å². The van der Waals surface area contributed by atoms with Crippen LogP contribution in [0, 0.1) is 0 Å². The lowest BCUT2D eigenvalue weighted by molar-refractivity contribution is -0.128. The highest BCUT2D eigenvalue weighted by molar-refractivity contribution is 5.99. The van der Waals surface area contributed by atoms with Gasteiger partial charge in [-0.25, -0.2) is 0 Å². The Morgan fingerprint density at radius 3 is 2.00 bits per heavy atom. The Morgan fingerprint density at radius 1 is 0.867 bits per heavy atom. The fourth-order valence-corrected chi connectivity index (χ4v) is 1.34. The zero-order valence-electron chi connectivity index (χ0n) is 9.67. The van der Waals surface area contributed by atoms with Gasteiger partial charge in [-0.1, -0.05) is 19.8 Å². The van der Waals surface area contributed by atoms with Crippen LogP contribution in [0.4, 0.5) is 0 Å². The first-order chi connectivity index (χ1) is 7.06. The SMILES string of the molecule is CCCCCC(=O)CCC(=O)CC(C)=O. The summed E-state index contributed by atoms with van der Waals surface area (Å²) in [5.74, 6) is -0.106. The number of rotatable bonds is 9. The average Bonchev–Trinajstić information content (AvgIpc) is 2.14. The minimum Gasteiger partial charge on any atom is -0.300 e. The molecule has 0 aliphatic carbocycles. The van der Waals surface area contributed by atoms with Gasteiger partial charge in [0.05, 0.1) is 6.42 Å². The zero-order valence-corrected chi connectivity index (χ0v) is 9.67. The summed E-state index contributed by atoms with van der Waals surface area (Å²) in [5, 5.41) is 0. The quantitative estimate of drug-likeness (QED) is 0.436. The van der Waals surface area contributed by atoms with Crippen LogP contribution in [0.2, 0.25) is 0 Å². The van der Waals surface area contributed by atoms with Gasteiger partial charge in [0.25, 0.3) is 0 Å². The van der Waals surface area contributed by atoms with Crippen molar-refractivity contribution in [2.24, 2.45) is 0 Å². The van der Waals surface area contributed by atoms with Crippen molar-refractivity contribution in [3.8, 4) is 0 Å². The molecule has 0 aromatic heterocycles. The van der Waals surface area contributed by atoms with E-state index < -0.39 is 0 Å². The van der Waals surface area contributed by atoms with Crippen molar-refractivity contribution in [3.63, 3.8) is 0 Å². The van der Waals surface area contributed by atoms with Crippen LogP contribution in [0.5, 0.6) is 0 Å². The molecule has 0 saturated carbocycles. The van der Waals surface area contributed by atoms with E-state index in [0.29, 0.717) is 12.8 Å². The fourth-order valence-electron chi connectivity index (χ4n) is 1.34. The highest BCUT2D eigenvalue weighted by Crippen LogP contribution is 2.05. The van der Waals surface area contributed by atoms with Gasteiger partial charge in [-0.2, -0.15) is 0 Å². The minimum absolute atomic E-state index is 0.0256. The topological polar surface area (TPSA) is 51.2 Å². The van der Waals surface area contributed by atoms with Crippen molar-refractivity contribution < 1.29 is 14.4 Å². The second kappa shape index (κ2) is 8.33. The van der Waals surface area contributed by atoms with E-state index in [1.54, 1.807) is 0 Å². The minimum atomic E-state index is -0.126. The van der Waals surface area contributed by atoms with Gasteiger partial charge in [0.15, 0.2) is 0 Å². The molecule has 0 rings (SSSR count). The predicted octanol–water partition coefficient (Wildman–Crippen LogP) is 2.46. The van der Waals surface area contributed by atoms with Gasteiger partial charge >= 0.3 is 0 Å². The molecule has 15 heavy (non-hydrogen) atoms. The molecule has 86 valence electrons. The molecule has 0 saturated heterocycles. The molecular weight excluding hydrogens is 192 g/mol. The Hall–Kier alpha value is -0.990. The highest BCUT2D eigenvalue weighted by Gasteiger charge is 2.08. The van der Waals surface area contributed by atoms with Gasteiger partial charge in [0.2, 0.25) is 0 Å². The van der Waals surface area contributed by atoms with Gasteiger partial charge in [-0.05, 0) is 13.3 Å². The van der Waals surface area contributed by atoms with E-state index in [1.165, 1.54) is 6.92 Å². The lowest BCUT2D eigenvalue weighted by Crippen LogP contribution is -2.07. The van der Waals surface area contributed by atoms with Crippen molar-refractivity contribution in [3.05, 3.63) is 0 Å². The van der Waals surface area contributed by atoms with Crippen molar-refractivity contribution in [2.75, 3.05) is 0 Å². The zero-order chi connectivity index (χ0) is 11.7. The summed E-state index contributed by atoms with van der Waals surface area (Å²) < 4.78 is 0. The molecule has 0 unspecified atom stereocenters. The Bertz CT molecular complexity index is 231. The number of carbonyl (C=O) groups excluding carboxylic acids is 3. The maximum Gasteiger partial charge on any atom is 0.140 e. The standard InChI is InChI=1S/C12H20O3/c1-3-4-5-6-11(14)7-8-12(15)9-10(2)13/h3-9H2,1-2H3. The normalized spacial score (nSPS) is 10.0. The molecule has 3 nitrogen and oxygen atoms in total. The van der Waals surface area contributed by atoms with E-state index in [2.05, 4.69) is 6.92 Å². The van der Waals surface area contributed by atoms with Gasteiger partial charge in [0, 0.05) is 19.3 Å². The maximum absolute atomic E-state index is 11.3. The number of unbranched alkanes of at least 4 members (excludes halogenated alkanes) is 2. The first-order valence-electron chi connectivity index (χ1n) is 5.59. The molecule has 0 atom stereocenters. The molecule has 0 bridgehead atoms. The molecule has 0 spiro atoms. The number of hydrogen-bond acceptors (Lipinski definition) is 3. The van der Waals surface area contributed by atoms with E-state index in [4.69, 9.17) is 0 Å². The summed E-state index contributed by atoms with van der Waals surface area (Å²) >= 11 is 0. The van der Waals surface area contributed by atoms with Crippen LogP contribution in [-0.2, 0) is 14.4 Å². The summed E-state index contributed by atoms with van der Waals surface area (Å²) in [7, 11) is 0. The molecule has 0 N–H and O–H groups in total. The lowest BCUT2D eigenvalue weighted by Gasteiger charge is -1.99. The third kappa shape index (κ3) is 9.32. The van der Waals surface area contributed by atoms with Gasteiger partial charge in [0.1, 0.15) is 17.3 Å². The van der Waals surface area contributed by atoms with Crippen molar-refractivity contribution >= 4 is 17.3 Å². The van der Waals surface area contributed by atoms with Crippen LogP contribution in [0.3, 0.4) is 0 Å². The van der Waals surface area contributed by atoms with E-state index in [-0.39, 0.29) is 30.2 Å². The molecule has 0 fully saturated rings. The Labute approximate surface area is 91.2 Å². The predicted molar refractivity (Wildman–Crippen MR) is 58.7 cm³/mol. The van der Waals surface area contributed by atoms with Gasteiger partial charge < -0.3 is 0 Å². The molecule has 0 amide bonds. The Balaban J connectivity index is 3.53. The molecule has 3 heteroatoms. The first-order valence-corrected chi connectivity index (χ1v) is 5.59. The van der Waals surface area contributed by atoms with E-state index >= 15 is 0 Å². The number of ketones is 3. The van der Waals surface area contributed by atoms with E-state index in [9.17, 15) is 14.4 Å². The maximum atomic E-state index is 11.3. The van der Waals surface area contributed by atoms with Crippen LogP contribution < -0.4 is 0 Å². The summed E-state index contributed by atoms with van der Waals surface area (Å²) in [6, 6.07) is 0. The molecule has 0 radical (unpaired) electrons. The molecule has 0 aliphatic rings. The lowest BCUT2D eigenvalue weighted by atomic mass is 10.0. The van der Waals surface area contributed by atoms with Crippen LogP contribution in [0.25, 0.3) is 0 Å². The van der Waals surface area contributed by atoms with Crippen molar-refractivity contribution in [1.82, 2.24) is 0 Å². The monoisotopic (exact) mass is 212 g/mol. The number of Topliss-reactive ketones (excluding diaryl/α,β-unsaturated/α-hetero) is 3.